The molecule has 7 nitrogen and oxygen atoms in total. The summed E-state index contributed by atoms with van der Waals surface area (Å²) in [5.74, 6) is -2.56. The minimum absolute atomic E-state index is 0.0488. The zero-order chi connectivity index (χ0) is 22.4. The highest BCUT2D eigenvalue weighted by molar-refractivity contribution is 6.52. The maximum absolute atomic E-state index is 13.2. The predicted octanol–water partition coefficient (Wildman–Crippen LogP) is 4.94. The van der Waals surface area contributed by atoms with Gasteiger partial charge >= 0.3 is 0 Å². The highest BCUT2D eigenvalue weighted by Crippen LogP contribution is 2.42. The number of Topliss-reactive ketones (excluding diaryl/α,β-unsaturated/α-hetero) is 2. The first-order valence-corrected chi connectivity index (χ1v) is 9.89. The number of nitrogens with one attached hydrogen (secondary N) is 1. The standard InChI is InChI=1S/C25H16N2O5/c28-23-17-6-1-2-7-18(17)24(29)25(30)22(23)21(14-9-11-15(12-10-14)27(31)32)19-13-26-20-8-4-3-5-16(19)20/h1-13,21,26,28H. The predicted molar refractivity (Wildman–Crippen MR) is 119 cm³/mol. The van der Waals surface area contributed by atoms with Gasteiger partial charge in [0, 0.05) is 46.3 Å². The van der Waals surface area contributed by atoms with Crippen LogP contribution < -0.4 is 0 Å². The topological polar surface area (TPSA) is 113 Å². The number of carbonyl (C=O) groups excluding carboxylic acids is 2. The Balaban J connectivity index is 1.80. The van der Waals surface area contributed by atoms with Gasteiger partial charge in [0.2, 0.25) is 11.6 Å². The maximum atomic E-state index is 13.2. The molecule has 1 aliphatic carbocycles. The third kappa shape index (κ3) is 2.91. The summed E-state index contributed by atoms with van der Waals surface area (Å²) in [5.41, 5.74) is 2.34. The molecule has 0 saturated carbocycles. The van der Waals surface area contributed by atoms with Crippen molar-refractivity contribution < 1.29 is 19.6 Å². The highest BCUT2D eigenvalue weighted by atomic mass is 16.6. The van der Waals surface area contributed by atoms with E-state index in [1.807, 2.05) is 24.3 Å². The van der Waals surface area contributed by atoms with Gasteiger partial charge in [-0.05, 0) is 17.2 Å². The lowest BCUT2D eigenvalue weighted by molar-refractivity contribution is -0.384. The first-order chi connectivity index (χ1) is 15.5. The summed E-state index contributed by atoms with van der Waals surface area (Å²) in [5, 5.41) is 23.1. The number of nitro benzene ring substituents is 1. The molecule has 0 aliphatic heterocycles. The van der Waals surface area contributed by atoms with Gasteiger partial charge in [0.25, 0.3) is 5.69 Å². The van der Waals surface area contributed by atoms with Crippen LogP contribution >= 0.6 is 0 Å². The number of fused-ring (bicyclic) bond motifs is 2. The summed E-state index contributed by atoms with van der Waals surface area (Å²) in [6.07, 6.45) is 1.73. The second kappa shape index (κ2) is 7.31. The zero-order valence-corrected chi connectivity index (χ0v) is 16.6. The van der Waals surface area contributed by atoms with Crippen molar-refractivity contribution in [2.45, 2.75) is 5.92 Å². The number of benzene rings is 3. The molecule has 1 aliphatic rings. The van der Waals surface area contributed by atoms with Gasteiger partial charge in [-0.3, -0.25) is 19.7 Å². The number of ketones is 2. The summed E-state index contributed by atoms with van der Waals surface area (Å²) >= 11 is 0. The van der Waals surface area contributed by atoms with Crippen molar-refractivity contribution >= 4 is 33.9 Å². The van der Waals surface area contributed by atoms with E-state index in [0.29, 0.717) is 16.7 Å². The van der Waals surface area contributed by atoms with Crippen LogP contribution in [0.1, 0.15) is 33.0 Å². The monoisotopic (exact) mass is 424 g/mol. The molecule has 7 heteroatoms. The number of hydrogen-bond acceptors (Lipinski definition) is 5. The van der Waals surface area contributed by atoms with Crippen molar-refractivity contribution in [1.82, 2.24) is 4.98 Å². The van der Waals surface area contributed by atoms with Gasteiger partial charge in [0.05, 0.1) is 10.5 Å². The van der Waals surface area contributed by atoms with Crippen LogP contribution in [-0.2, 0) is 4.79 Å². The van der Waals surface area contributed by atoms with Crippen LogP contribution in [0.5, 0.6) is 0 Å². The Bertz CT molecular complexity index is 1450. The van der Waals surface area contributed by atoms with E-state index in [0.717, 1.165) is 10.9 Å². The second-order valence-electron chi connectivity index (χ2n) is 7.54. The molecule has 0 amide bonds. The Kier molecular flexibility index (Phi) is 4.44. The molecule has 4 aromatic rings. The molecule has 1 heterocycles. The fourth-order valence-corrected chi connectivity index (χ4v) is 4.28. The van der Waals surface area contributed by atoms with Gasteiger partial charge in [-0.2, -0.15) is 0 Å². The van der Waals surface area contributed by atoms with Crippen LogP contribution in [0.25, 0.3) is 16.7 Å². The Hall–Kier alpha value is -4.52. The van der Waals surface area contributed by atoms with Crippen molar-refractivity contribution in [3.8, 4) is 0 Å². The largest absolute Gasteiger partial charge is 0.507 e. The lowest BCUT2D eigenvalue weighted by Crippen LogP contribution is -2.27. The van der Waals surface area contributed by atoms with E-state index in [4.69, 9.17) is 0 Å². The minimum atomic E-state index is -0.809. The number of H-pyrrole nitrogens is 1. The number of allylic oxidation sites excluding steroid dienone is 1. The molecule has 2 N–H and O–H groups in total. The Morgan fingerprint density at radius 1 is 0.844 bits per heavy atom. The summed E-state index contributed by atoms with van der Waals surface area (Å²) in [6.45, 7) is 0. The molecule has 1 atom stereocenters. The molecular formula is C25H16N2O5. The van der Waals surface area contributed by atoms with Crippen molar-refractivity contribution in [3.63, 3.8) is 0 Å². The number of carbonyl (C=O) groups is 2. The first-order valence-electron chi connectivity index (χ1n) is 9.89. The number of aliphatic hydroxyl groups excluding tert-OH is 1. The number of hydrogen-bond donors (Lipinski definition) is 2. The fraction of sp³-hybridized carbons (Fsp3) is 0.0400. The van der Waals surface area contributed by atoms with Crippen LogP contribution in [-0.4, -0.2) is 26.6 Å². The Labute approximate surface area is 181 Å². The number of aromatic amines is 1. The van der Waals surface area contributed by atoms with Gasteiger partial charge in [-0.1, -0.05) is 54.6 Å². The van der Waals surface area contributed by atoms with Gasteiger partial charge in [-0.15, -0.1) is 0 Å². The summed E-state index contributed by atoms with van der Waals surface area (Å²) in [4.78, 5) is 39.9. The molecule has 3 aromatic carbocycles. The maximum Gasteiger partial charge on any atom is 0.269 e. The number of rotatable bonds is 4. The Morgan fingerprint density at radius 3 is 2.22 bits per heavy atom. The van der Waals surface area contributed by atoms with Crippen molar-refractivity contribution in [1.29, 1.82) is 0 Å². The second-order valence-corrected chi connectivity index (χ2v) is 7.54. The number of para-hydroxylation sites is 1. The molecule has 0 spiro atoms. The third-order valence-corrected chi connectivity index (χ3v) is 5.79. The van der Waals surface area contributed by atoms with E-state index in [9.17, 15) is 24.8 Å². The SMILES string of the molecule is O=C1C(=O)c2ccccc2C(O)=C1C(c1ccc([N+](=O)[O-])cc1)c1c[nH]c2ccccc12. The molecule has 0 saturated heterocycles. The number of nitrogens with zero attached hydrogens (tertiary/aromatic N) is 1. The molecular weight excluding hydrogens is 408 g/mol. The summed E-state index contributed by atoms with van der Waals surface area (Å²) in [7, 11) is 0. The lowest BCUT2D eigenvalue weighted by Gasteiger charge is -2.25. The van der Waals surface area contributed by atoms with Gasteiger partial charge in [0.1, 0.15) is 5.76 Å². The number of non-ortho nitro benzene ring substituents is 1. The van der Waals surface area contributed by atoms with E-state index < -0.39 is 22.4 Å². The van der Waals surface area contributed by atoms with Crippen molar-refractivity contribution in [3.05, 3.63) is 117 Å². The van der Waals surface area contributed by atoms with Crippen molar-refractivity contribution in [2.24, 2.45) is 0 Å². The minimum Gasteiger partial charge on any atom is -0.507 e. The lowest BCUT2D eigenvalue weighted by atomic mass is 9.76. The fourth-order valence-electron chi connectivity index (χ4n) is 4.28. The quantitative estimate of drug-likeness (QED) is 0.274. The average molecular weight is 424 g/mol. The number of aliphatic hydroxyl groups is 1. The van der Waals surface area contributed by atoms with Crippen LogP contribution in [0.2, 0.25) is 0 Å². The normalized spacial score (nSPS) is 14.5. The van der Waals surface area contributed by atoms with E-state index in [1.165, 1.54) is 18.2 Å². The molecule has 0 bridgehead atoms. The zero-order valence-electron chi connectivity index (χ0n) is 16.6. The molecule has 5 rings (SSSR count). The van der Waals surface area contributed by atoms with Gasteiger partial charge < -0.3 is 10.1 Å². The van der Waals surface area contributed by atoms with Crippen molar-refractivity contribution in [2.75, 3.05) is 0 Å². The molecule has 32 heavy (non-hydrogen) atoms. The molecule has 1 unspecified atom stereocenters. The summed E-state index contributed by atoms with van der Waals surface area (Å²) < 4.78 is 0. The Morgan fingerprint density at radius 2 is 1.50 bits per heavy atom. The van der Waals surface area contributed by atoms with E-state index >= 15 is 0 Å². The number of aromatic nitrogens is 1. The average Bonchev–Trinajstić information content (AvgIpc) is 3.24. The first kappa shape index (κ1) is 19.4. The summed E-state index contributed by atoms with van der Waals surface area (Å²) in [6, 6.07) is 19.7. The van der Waals surface area contributed by atoms with Gasteiger partial charge in [-0.25, -0.2) is 0 Å². The third-order valence-electron chi connectivity index (χ3n) is 5.79. The van der Waals surface area contributed by atoms with Crippen LogP contribution in [0.15, 0.2) is 84.6 Å². The molecule has 0 radical (unpaired) electrons. The number of nitro groups is 1. The van der Waals surface area contributed by atoms with Crippen LogP contribution in [0.3, 0.4) is 0 Å². The van der Waals surface area contributed by atoms with Crippen LogP contribution in [0.4, 0.5) is 5.69 Å². The van der Waals surface area contributed by atoms with E-state index in [1.54, 1.807) is 36.5 Å². The molecule has 0 fully saturated rings. The highest BCUT2D eigenvalue weighted by Gasteiger charge is 2.39. The van der Waals surface area contributed by atoms with E-state index in [-0.39, 0.29) is 22.6 Å². The van der Waals surface area contributed by atoms with Gasteiger partial charge in [0.15, 0.2) is 0 Å². The van der Waals surface area contributed by atoms with Crippen LogP contribution in [0, 0.1) is 10.1 Å². The van der Waals surface area contributed by atoms with E-state index in [2.05, 4.69) is 4.98 Å². The smallest absolute Gasteiger partial charge is 0.269 e. The molecule has 156 valence electrons. The molecule has 1 aromatic heterocycles.